The average Bonchev–Trinajstić information content (AvgIpc) is 4.04. The molecule has 0 saturated carbocycles. The van der Waals surface area contributed by atoms with Gasteiger partial charge in [0.2, 0.25) is 0 Å². The number of nitrogens with zero attached hydrogens (tertiary/aromatic N) is 1. The average molecular weight is 834 g/mol. The monoisotopic (exact) mass is 833 g/mol. The van der Waals surface area contributed by atoms with E-state index in [0.29, 0.717) is 0 Å². The molecule has 3 heteroatoms. The fraction of sp³-hybridized carbons (Fsp3) is 0.0164. The molecule has 0 radical (unpaired) electrons. The smallest absolute Gasteiger partial charge is 0.143 e. The van der Waals surface area contributed by atoms with Crippen LogP contribution in [0.2, 0.25) is 0 Å². The molecule has 64 heavy (non-hydrogen) atoms. The predicted octanol–water partition coefficient (Wildman–Crippen LogP) is 17.1. The van der Waals surface area contributed by atoms with Crippen LogP contribution in [-0.4, -0.2) is 0 Å². The third-order valence-electron chi connectivity index (χ3n) is 13.4. The van der Waals surface area contributed by atoms with Gasteiger partial charge in [0, 0.05) is 53.4 Å². The van der Waals surface area contributed by atoms with Crippen molar-refractivity contribution < 1.29 is 4.42 Å². The quantitative estimate of drug-likeness (QED) is 0.159. The maximum atomic E-state index is 6.51. The first-order chi connectivity index (χ1) is 31.8. The molecular weight excluding hydrogens is 795 g/mol. The minimum Gasteiger partial charge on any atom is -0.455 e. The molecule has 0 aliphatic heterocycles. The van der Waals surface area contributed by atoms with Crippen molar-refractivity contribution in [1.29, 1.82) is 0 Å². The summed E-state index contributed by atoms with van der Waals surface area (Å²) in [5, 5.41) is 4.88. The second-order valence-electron chi connectivity index (χ2n) is 16.7. The van der Waals surface area contributed by atoms with Gasteiger partial charge in [-0.1, -0.05) is 194 Å². The van der Waals surface area contributed by atoms with Gasteiger partial charge in [0.05, 0.1) is 11.1 Å². The summed E-state index contributed by atoms with van der Waals surface area (Å²) in [5.74, 6) is 0. The van der Waals surface area contributed by atoms with E-state index in [1.54, 1.807) is 0 Å². The molecule has 0 fully saturated rings. The Morgan fingerprint density at radius 2 is 0.906 bits per heavy atom. The second kappa shape index (κ2) is 14.6. The van der Waals surface area contributed by atoms with Gasteiger partial charge in [0.25, 0.3) is 0 Å². The number of furan rings is 1. The molecule has 300 valence electrons. The van der Waals surface area contributed by atoms with E-state index in [1.165, 1.54) is 64.7 Å². The highest BCUT2D eigenvalue weighted by atomic mass is 32.1. The van der Waals surface area contributed by atoms with Gasteiger partial charge in [-0.3, -0.25) is 0 Å². The molecular formula is C61H39NOS. The van der Waals surface area contributed by atoms with Crippen molar-refractivity contribution in [2.24, 2.45) is 0 Å². The maximum absolute atomic E-state index is 6.51. The number of benzene rings is 10. The van der Waals surface area contributed by atoms with Crippen LogP contribution in [0.1, 0.15) is 22.3 Å². The van der Waals surface area contributed by atoms with Crippen molar-refractivity contribution in [2.75, 3.05) is 4.90 Å². The zero-order chi connectivity index (χ0) is 42.2. The first-order valence-corrected chi connectivity index (χ1v) is 22.7. The highest BCUT2D eigenvalue weighted by molar-refractivity contribution is 7.26. The van der Waals surface area contributed by atoms with Crippen molar-refractivity contribution in [3.8, 4) is 33.4 Å². The Hall–Kier alpha value is -7.98. The summed E-state index contributed by atoms with van der Waals surface area (Å²) in [5.41, 5.74) is 16.8. The van der Waals surface area contributed by atoms with E-state index in [1.807, 2.05) is 17.4 Å². The summed E-state index contributed by atoms with van der Waals surface area (Å²) in [4.78, 5) is 2.46. The molecule has 0 atom stereocenters. The van der Waals surface area contributed by atoms with Crippen molar-refractivity contribution >= 4 is 70.5 Å². The Morgan fingerprint density at radius 3 is 1.64 bits per heavy atom. The van der Waals surface area contributed by atoms with Crippen LogP contribution in [0, 0.1) is 0 Å². The minimum atomic E-state index is -0.516. The van der Waals surface area contributed by atoms with Crippen LogP contribution >= 0.6 is 11.3 Å². The Morgan fingerprint density at radius 1 is 0.375 bits per heavy atom. The lowest BCUT2D eigenvalue weighted by molar-refractivity contribution is 0.670. The zero-order valence-electron chi connectivity index (χ0n) is 34.8. The Balaban J connectivity index is 1.02. The SMILES string of the molecule is c1ccc(C2(c3ccccc3)c3ccccc3-c3c(N(c4ccc(-c5cccc6c5oc5ccccc56)cc4)c4ccc(-c5cccc6c5sc5ccccc56)cc4)cccc32)cc1. The topological polar surface area (TPSA) is 16.4 Å². The standard InChI is InChI=1S/C61H39NOS/c1-3-16-42(17-4-1)61(43-18-5-2-6-19-43)53-27-10-7-22-52(53)58-54(61)28-15-29-55(58)62(44-36-32-40(33-37-44)46-23-13-25-50-48-20-8-11-30-56(48)63-59(46)50)45-38-34-41(35-39-45)47-24-14-26-51-49-21-9-12-31-57(49)64-60(47)51/h1-39H. The molecule has 0 saturated heterocycles. The van der Waals surface area contributed by atoms with Crippen molar-refractivity contribution in [3.63, 3.8) is 0 Å². The van der Waals surface area contributed by atoms with E-state index in [9.17, 15) is 0 Å². The summed E-state index contributed by atoms with van der Waals surface area (Å²) in [6.07, 6.45) is 0. The predicted molar refractivity (Wildman–Crippen MR) is 269 cm³/mol. The van der Waals surface area contributed by atoms with Crippen LogP contribution < -0.4 is 4.90 Å². The van der Waals surface area contributed by atoms with Crippen molar-refractivity contribution in [2.45, 2.75) is 5.41 Å². The van der Waals surface area contributed by atoms with Gasteiger partial charge in [0.1, 0.15) is 11.2 Å². The maximum Gasteiger partial charge on any atom is 0.143 e. The van der Waals surface area contributed by atoms with Gasteiger partial charge >= 0.3 is 0 Å². The van der Waals surface area contributed by atoms with E-state index in [4.69, 9.17) is 4.42 Å². The zero-order valence-corrected chi connectivity index (χ0v) is 35.6. The fourth-order valence-electron chi connectivity index (χ4n) is 10.6. The van der Waals surface area contributed by atoms with Gasteiger partial charge in [0.15, 0.2) is 0 Å². The lowest BCUT2D eigenvalue weighted by atomic mass is 9.68. The summed E-state index contributed by atoms with van der Waals surface area (Å²) in [6, 6.07) is 86.5. The largest absolute Gasteiger partial charge is 0.455 e. The van der Waals surface area contributed by atoms with Crippen molar-refractivity contribution in [3.05, 3.63) is 259 Å². The third kappa shape index (κ3) is 5.44. The van der Waals surface area contributed by atoms with E-state index in [-0.39, 0.29) is 0 Å². The van der Waals surface area contributed by atoms with E-state index in [2.05, 4.69) is 235 Å². The van der Waals surface area contributed by atoms with Gasteiger partial charge in [-0.2, -0.15) is 0 Å². The van der Waals surface area contributed by atoms with E-state index < -0.39 is 5.41 Å². The molecule has 0 amide bonds. The molecule has 0 bridgehead atoms. The number of anilines is 3. The van der Waals surface area contributed by atoms with Crippen LogP contribution in [0.4, 0.5) is 17.1 Å². The summed E-state index contributed by atoms with van der Waals surface area (Å²) < 4.78 is 9.14. The van der Waals surface area contributed by atoms with Crippen LogP contribution in [-0.2, 0) is 5.41 Å². The van der Waals surface area contributed by atoms with Crippen LogP contribution in [0.3, 0.4) is 0 Å². The van der Waals surface area contributed by atoms with Crippen LogP contribution in [0.25, 0.3) is 75.5 Å². The Kier molecular flexibility index (Phi) is 8.34. The van der Waals surface area contributed by atoms with Gasteiger partial charge in [-0.25, -0.2) is 0 Å². The number of hydrogen-bond donors (Lipinski definition) is 0. The van der Waals surface area contributed by atoms with Crippen LogP contribution in [0.15, 0.2) is 241 Å². The molecule has 0 unspecified atom stereocenters. The third-order valence-corrected chi connectivity index (χ3v) is 14.6. The minimum absolute atomic E-state index is 0.516. The Bertz CT molecular complexity index is 3520. The molecule has 2 nitrogen and oxygen atoms in total. The van der Waals surface area contributed by atoms with Gasteiger partial charge in [-0.05, 0) is 87.0 Å². The summed E-state index contributed by atoms with van der Waals surface area (Å²) in [6.45, 7) is 0. The molecule has 2 aromatic heterocycles. The second-order valence-corrected chi connectivity index (χ2v) is 17.8. The molecule has 0 spiro atoms. The Labute approximate surface area is 375 Å². The van der Waals surface area contributed by atoms with Crippen LogP contribution in [0.5, 0.6) is 0 Å². The lowest BCUT2D eigenvalue weighted by Crippen LogP contribution is -2.28. The molecule has 12 aromatic rings. The molecule has 2 heterocycles. The molecule has 1 aliphatic rings. The molecule has 1 aliphatic carbocycles. The highest BCUT2D eigenvalue weighted by Crippen LogP contribution is 2.59. The molecule has 0 N–H and O–H groups in total. The number of thiophene rings is 1. The van der Waals surface area contributed by atoms with Gasteiger partial charge in [-0.15, -0.1) is 11.3 Å². The van der Waals surface area contributed by atoms with E-state index >= 15 is 0 Å². The molecule has 13 rings (SSSR count). The number of fused-ring (bicyclic) bond motifs is 9. The van der Waals surface area contributed by atoms with Crippen molar-refractivity contribution in [1.82, 2.24) is 0 Å². The number of para-hydroxylation sites is 2. The lowest BCUT2D eigenvalue weighted by Gasteiger charge is -2.34. The number of hydrogen-bond acceptors (Lipinski definition) is 3. The van der Waals surface area contributed by atoms with Gasteiger partial charge < -0.3 is 9.32 Å². The highest BCUT2D eigenvalue weighted by Gasteiger charge is 2.47. The normalized spacial score (nSPS) is 12.8. The summed E-state index contributed by atoms with van der Waals surface area (Å²) >= 11 is 1.87. The van der Waals surface area contributed by atoms with E-state index in [0.717, 1.165) is 50.1 Å². The molecule has 10 aromatic carbocycles. The number of rotatable bonds is 7. The fourth-order valence-corrected chi connectivity index (χ4v) is 11.9. The first-order valence-electron chi connectivity index (χ1n) is 21.9. The summed E-state index contributed by atoms with van der Waals surface area (Å²) in [7, 11) is 0. The first kappa shape index (κ1) is 36.7.